The topological polar surface area (TPSA) is 115 Å². The first-order chi connectivity index (χ1) is 23.5. The molecule has 5 rings (SSSR count). The van der Waals surface area contributed by atoms with Gasteiger partial charge in [0.25, 0.3) is 5.56 Å². The number of nitrogens with zero attached hydrogens (tertiary/aromatic N) is 2. The summed E-state index contributed by atoms with van der Waals surface area (Å²) in [4.78, 5) is 44.5. The van der Waals surface area contributed by atoms with E-state index in [-0.39, 0.29) is 31.0 Å². The van der Waals surface area contributed by atoms with Gasteiger partial charge in [0.05, 0.1) is 46.6 Å². The van der Waals surface area contributed by atoms with E-state index < -0.39 is 18.0 Å². The van der Waals surface area contributed by atoms with Crippen LogP contribution in [0.1, 0.15) is 43.5 Å². The van der Waals surface area contributed by atoms with Crippen LogP contribution in [-0.4, -0.2) is 43.4 Å². The van der Waals surface area contributed by atoms with Gasteiger partial charge in [0.2, 0.25) is 0 Å². The molecule has 3 aromatic carbocycles. The predicted molar refractivity (Wildman–Crippen MR) is 193 cm³/mol. The molecule has 0 N–H and O–H groups in total. The Bertz CT molecular complexity index is 2110. The smallest absolute Gasteiger partial charge is 0.343 e. The number of aromatic nitrogens is 1. The first-order valence-electron chi connectivity index (χ1n) is 15.1. The minimum absolute atomic E-state index is 0.129. The summed E-state index contributed by atoms with van der Waals surface area (Å²) in [6, 6.07) is 15.3. The molecule has 256 valence electrons. The first-order valence-corrected chi connectivity index (χ1v) is 17.8. The first kappa shape index (κ1) is 36.4. The minimum Gasteiger partial charge on any atom is -0.490 e. The van der Waals surface area contributed by atoms with E-state index in [1.165, 1.54) is 23.0 Å². The second kappa shape index (κ2) is 16.2. The monoisotopic (exact) mass is 832 g/mol. The van der Waals surface area contributed by atoms with E-state index in [9.17, 15) is 14.4 Å². The third kappa shape index (κ3) is 8.29. The van der Waals surface area contributed by atoms with Crippen molar-refractivity contribution in [2.24, 2.45) is 4.99 Å². The highest BCUT2D eigenvalue weighted by molar-refractivity contribution is 9.10. The summed E-state index contributed by atoms with van der Waals surface area (Å²) in [7, 11) is 1.27. The Balaban J connectivity index is 1.64. The normalized spacial score (nSPS) is 14.2. The predicted octanol–water partition coefficient (Wildman–Crippen LogP) is 6.51. The van der Waals surface area contributed by atoms with Gasteiger partial charge in [0, 0.05) is 15.1 Å². The van der Waals surface area contributed by atoms with E-state index in [0.29, 0.717) is 59.5 Å². The SMILES string of the molecule is CCOC(=O)C1=C(C)N=c2s/c(=C/c3cc(Cl)cc(Br)c3OCc3ccc(Br)cc3)c(=O)n2[C@H]1c1ccc(OCC(=O)OC)c(OCC)c1. The number of carbonyl (C=O) groups excluding carboxylic acids is 2. The zero-order valence-corrected chi connectivity index (χ0v) is 31.6. The zero-order valence-electron chi connectivity index (χ0n) is 26.9. The lowest BCUT2D eigenvalue weighted by Gasteiger charge is -2.25. The van der Waals surface area contributed by atoms with Crippen LogP contribution in [0.25, 0.3) is 6.08 Å². The Morgan fingerprint density at radius 3 is 2.45 bits per heavy atom. The highest BCUT2D eigenvalue weighted by atomic mass is 79.9. The Morgan fingerprint density at radius 1 is 1.00 bits per heavy atom. The van der Waals surface area contributed by atoms with E-state index >= 15 is 0 Å². The van der Waals surface area contributed by atoms with Crippen LogP contribution in [0.4, 0.5) is 0 Å². The van der Waals surface area contributed by atoms with Gasteiger partial charge in [0.15, 0.2) is 22.9 Å². The molecular formula is C35H31Br2ClN2O8S. The van der Waals surface area contributed by atoms with Crippen molar-refractivity contribution in [2.45, 2.75) is 33.4 Å². The van der Waals surface area contributed by atoms with Gasteiger partial charge in [-0.3, -0.25) is 9.36 Å². The van der Waals surface area contributed by atoms with Gasteiger partial charge < -0.3 is 23.7 Å². The van der Waals surface area contributed by atoms with Crippen molar-refractivity contribution in [3.05, 3.63) is 116 Å². The molecule has 4 aromatic rings. The Kier molecular flexibility index (Phi) is 12.0. The lowest BCUT2D eigenvalue weighted by Crippen LogP contribution is -2.40. The average molecular weight is 835 g/mol. The number of ether oxygens (including phenoxy) is 5. The van der Waals surface area contributed by atoms with Crippen LogP contribution in [-0.2, 0) is 25.7 Å². The highest BCUT2D eigenvalue weighted by Gasteiger charge is 2.34. The van der Waals surface area contributed by atoms with Crippen molar-refractivity contribution < 1.29 is 33.3 Å². The molecule has 0 amide bonds. The van der Waals surface area contributed by atoms with E-state index in [1.807, 2.05) is 24.3 Å². The molecule has 0 radical (unpaired) electrons. The molecule has 0 bridgehead atoms. The molecule has 0 spiro atoms. The van der Waals surface area contributed by atoms with Crippen molar-refractivity contribution >= 4 is 72.8 Å². The van der Waals surface area contributed by atoms with Crippen molar-refractivity contribution in [3.63, 3.8) is 0 Å². The molecule has 0 saturated carbocycles. The number of allylic oxidation sites excluding steroid dienone is 1. The van der Waals surface area contributed by atoms with Gasteiger partial charge in [-0.25, -0.2) is 14.6 Å². The lowest BCUT2D eigenvalue weighted by molar-refractivity contribution is -0.143. The third-order valence-electron chi connectivity index (χ3n) is 7.29. The number of methoxy groups -OCH3 is 1. The molecule has 0 saturated heterocycles. The van der Waals surface area contributed by atoms with Crippen LogP contribution < -0.4 is 29.1 Å². The molecule has 14 heteroatoms. The fourth-order valence-corrected chi connectivity index (χ4v) is 7.35. The maximum atomic E-state index is 14.3. The van der Waals surface area contributed by atoms with Crippen LogP contribution in [0.15, 0.2) is 84.6 Å². The van der Waals surface area contributed by atoms with Gasteiger partial charge in [-0.05, 0) is 90.3 Å². The van der Waals surface area contributed by atoms with Crippen molar-refractivity contribution in [3.8, 4) is 17.2 Å². The molecule has 1 aliphatic heterocycles. The molecule has 2 heterocycles. The van der Waals surface area contributed by atoms with Gasteiger partial charge >= 0.3 is 11.9 Å². The average Bonchev–Trinajstić information content (AvgIpc) is 3.37. The number of rotatable bonds is 12. The van der Waals surface area contributed by atoms with Crippen molar-refractivity contribution in [1.29, 1.82) is 0 Å². The summed E-state index contributed by atoms with van der Waals surface area (Å²) in [6.07, 6.45) is 1.70. The second-order valence-corrected chi connectivity index (χ2v) is 13.7. The molecule has 1 aromatic heterocycles. The van der Waals surface area contributed by atoms with E-state index in [2.05, 4.69) is 41.6 Å². The highest BCUT2D eigenvalue weighted by Crippen LogP contribution is 2.37. The van der Waals surface area contributed by atoms with Gasteiger partial charge in [-0.15, -0.1) is 0 Å². The van der Waals surface area contributed by atoms with Gasteiger partial charge in [0.1, 0.15) is 12.4 Å². The quantitative estimate of drug-likeness (QED) is 0.149. The van der Waals surface area contributed by atoms with Crippen LogP contribution in [0, 0.1) is 0 Å². The van der Waals surface area contributed by atoms with E-state index in [4.69, 9.17) is 30.5 Å². The maximum absolute atomic E-state index is 14.3. The molecule has 1 aliphatic rings. The maximum Gasteiger partial charge on any atom is 0.343 e. The summed E-state index contributed by atoms with van der Waals surface area (Å²) >= 11 is 14.6. The van der Waals surface area contributed by atoms with Crippen LogP contribution in [0.5, 0.6) is 17.2 Å². The third-order valence-corrected chi connectivity index (χ3v) is 9.61. The number of carbonyl (C=O) groups is 2. The fraction of sp³-hybridized carbons (Fsp3) is 0.257. The standard InChI is InChI=1S/C35H31Br2ClN2O8S/c1-5-45-27-14-21(9-12-26(27)47-18-29(41)44-4)31-30(34(43)46-6-2)19(3)39-35-40(31)33(42)28(49-35)15-22-13-24(38)16-25(37)32(22)48-17-20-7-10-23(36)11-8-20/h7-16,31H,5-6,17-18H2,1-4H3/b28-15+/t31-/m0/s1. The fourth-order valence-electron chi connectivity index (χ4n) is 5.10. The second-order valence-electron chi connectivity index (χ2n) is 10.5. The summed E-state index contributed by atoms with van der Waals surface area (Å²) in [5.41, 5.74) is 2.29. The van der Waals surface area contributed by atoms with Crippen LogP contribution in [0.2, 0.25) is 5.02 Å². The number of esters is 2. The van der Waals surface area contributed by atoms with E-state index in [1.54, 1.807) is 57.2 Å². The lowest BCUT2D eigenvalue weighted by atomic mass is 9.95. The van der Waals surface area contributed by atoms with Crippen molar-refractivity contribution in [2.75, 3.05) is 26.9 Å². The molecule has 0 aliphatic carbocycles. The number of benzene rings is 3. The number of halogens is 3. The summed E-state index contributed by atoms with van der Waals surface area (Å²) in [5.74, 6) is -0.0453. The Morgan fingerprint density at radius 2 is 1.76 bits per heavy atom. The minimum atomic E-state index is -0.912. The number of fused-ring (bicyclic) bond motifs is 1. The summed E-state index contributed by atoms with van der Waals surface area (Å²) in [5, 5.41) is 0.443. The molecule has 0 unspecified atom stereocenters. The zero-order chi connectivity index (χ0) is 35.2. The van der Waals surface area contributed by atoms with Crippen LogP contribution >= 0.6 is 54.8 Å². The molecular weight excluding hydrogens is 804 g/mol. The molecule has 10 nitrogen and oxygen atoms in total. The number of hydrogen-bond donors (Lipinski definition) is 0. The molecule has 1 atom stereocenters. The Labute approximate surface area is 307 Å². The number of thiazole rings is 1. The van der Waals surface area contributed by atoms with E-state index in [0.717, 1.165) is 10.0 Å². The van der Waals surface area contributed by atoms with Crippen LogP contribution in [0.3, 0.4) is 0 Å². The summed E-state index contributed by atoms with van der Waals surface area (Å²) in [6.45, 7) is 5.59. The summed E-state index contributed by atoms with van der Waals surface area (Å²) < 4.78 is 31.2. The van der Waals surface area contributed by atoms with Gasteiger partial charge in [-0.1, -0.05) is 57.1 Å². The number of hydrogen-bond acceptors (Lipinski definition) is 10. The molecule has 49 heavy (non-hydrogen) atoms. The largest absolute Gasteiger partial charge is 0.490 e. The van der Waals surface area contributed by atoms with Crippen molar-refractivity contribution in [1.82, 2.24) is 4.57 Å². The van der Waals surface area contributed by atoms with Gasteiger partial charge in [-0.2, -0.15) is 0 Å². The Hall–Kier alpha value is -3.91. The molecule has 0 fully saturated rings.